The molecule has 0 unspecified atom stereocenters. The summed E-state index contributed by atoms with van der Waals surface area (Å²) < 4.78 is 1.70. The maximum Gasteiger partial charge on any atom is 0.224 e. The fraction of sp³-hybridized carbons (Fsp3) is 0.0952. The van der Waals surface area contributed by atoms with Crippen LogP contribution in [0.25, 0.3) is 28.3 Å². The molecule has 7 heteroatoms. The van der Waals surface area contributed by atoms with Gasteiger partial charge in [0.1, 0.15) is 0 Å². The highest BCUT2D eigenvalue weighted by molar-refractivity contribution is 5.91. The molecule has 0 saturated carbocycles. The second-order valence-corrected chi connectivity index (χ2v) is 6.21. The van der Waals surface area contributed by atoms with Crippen LogP contribution in [0.15, 0.2) is 73.6 Å². The number of amides is 1. The summed E-state index contributed by atoms with van der Waals surface area (Å²) in [4.78, 5) is 16.1. The Labute approximate surface area is 161 Å². The molecule has 0 spiro atoms. The topological polar surface area (TPSA) is 85.1 Å². The van der Waals surface area contributed by atoms with Crippen molar-refractivity contribution in [1.29, 1.82) is 0 Å². The van der Waals surface area contributed by atoms with Crippen molar-refractivity contribution in [2.75, 3.05) is 5.32 Å². The van der Waals surface area contributed by atoms with Crippen LogP contribution >= 0.6 is 0 Å². The standard InChI is InChI=1S/C21H18N6O/c1-2-3-9-20(28)23-17-8-4-6-15(13-17)18-10-11-19-24-25-21(27(19)26-18)16-7-5-12-22-14-16/h2,4-8,10-14H,1,3,9H2,(H,23,28). The van der Waals surface area contributed by atoms with Crippen molar-refractivity contribution in [2.24, 2.45) is 0 Å². The second-order valence-electron chi connectivity index (χ2n) is 6.21. The lowest BCUT2D eigenvalue weighted by molar-refractivity contribution is -0.116. The first-order valence-corrected chi connectivity index (χ1v) is 8.88. The lowest BCUT2D eigenvalue weighted by atomic mass is 10.1. The Hall–Kier alpha value is -3.87. The summed E-state index contributed by atoms with van der Waals surface area (Å²) in [5.41, 5.74) is 3.85. The number of nitrogens with one attached hydrogen (secondary N) is 1. The average molecular weight is 370 g/mol. The highest BCUT2D eigenvalue weighted by Gasteiger charge is 2.11. The Bertz CT molecular complexity index is 1140. The monoisotopic (exact) mass is 370 g/mol. The summed E-state index contributed by atoms with van der Waals surface area (Å²) in [7, 11) is 0. The van der Waals surface area contributed by atoms with Crippen LogP contribution in [0.2, 0.25) is 0 Å². The van der Waals surface area contributed by atoms with E-state index in [1.165, 1.54) is 0 Å². The van der Waals surface area contributed by atoms with Gasteiger partial charge in [-0.1, -0.05) is 18.2 Å². The Kier molecular flexibility index (Phi) is 4.88. The first kappa shape index (κ1) is 17.5. The molecule has 1 aromatic carbocycles. The van der Waals surface area contributed by atoms with E-state index in [2.05, 4.69) is 32.2 Å². The molecule has 7 nitrogen and oxygen atoms in total. The molecule has 0 aliphatic rings. The number of allylic oxidation sites excluding steroid dienone is 1. The predicted molar refractivity (Wildman–Crippen MR) is 108 cm³/mol. The van der Waals surface area contributed by atoms with Gasteiger partial charge in [-0.2, -0.15) is 9.61 Å². The molecule has 0 radical (unpaired) electrons. The van der Waals surface area contributed by atoms with E-state index in [0.717, 1.165) is 22.5 Å². The molecule has 0 aliphatic heterocycles. The van der Waals surface area contributed by atoms with Crippen LogP contribution in [-0.2, 0) is 4.79 Å². The molecular formula is C21H18N6O. The number of carbonyl (C=O) groups excluding carboxylic acids is 1. The van der Waals surface area contributed by atoms with Crippen molar-refractivity contribution in [1.82, 2.24) is 24.8 Å². The van der Waals surface area contributed by atoms with Crippen molar-refractivity contribution in [3.63, 3.8) is 0 Å². The van der Waals surface area contributed by atoms with Gasteiger partial charge < -0.3 is 5.32 Å². The van der Waals surface area contributed by atoms with E-state index in [1.807, 2.05) is 48.5 Å². The molecule has 4 aromatic rings. The molecule has 3 heterocycles. The number of pyridine rings is 1. The van der Waals surface area contributed by atoms with Gasteiger partial charge in [0.05, 0.1) is 5.69 Å². The molecule has 1 amide bonds. The Morgan fingerprint density at radius 1 is 1.11 bits per heavy atom. The normalized spacial score (nSPS) is 10.7. The quantitative estimate of drug-likeness (QED) is 0.522. The summed E-state index contributed by atoms with van der Waals surface area (Å²) >= 11 is 0. The fourth-order valence-electron chi connectivity index (χ4n) is 2.83. The minimum absolute atomic E-state index is 0.0434. The number of hydrogen-bond acceptors (Lipinski definition) is 5. The number of benzene rings is 1. The van der Waals surface area contributed by atoms with Crippen LogP contribution in [0, 0.1) is 0 Å². The first-order chi connectivity index (χ1) is 13.7. The minimum atomic E-state index is -0.0434. The number of nitrogens with zero attached hydrogens (tertiary/aromatic N) is 5. The van der Waals surface area contributed by atoms with Gasteiger partial charge >= 0.3 is 0 Å². The third kappa shape index (κ3) is 3.64. The molecule has 1 N–H and O–H groups in total. The maximum absolute atomic E-state index is 12.0. The van der Waals surface area contributed by atoms with E-state index in [0.29, 0.717) is 24.3 Å². The highest BCUT2D eigenvalue weighted by Crippen LogP contribution is 2.23. The van der Waals surface area contributed by atoms with Crippen molar-refractivity contribution >= 4 is 17.2 Å². The van der Waals surface area contributed by atoms with Gasteiger partial charge in [0.25, 0.3) is 0 Å². The largest absolute Gasteiger partial charge is 0.326 e. The van der Waals surface area contributed by atoms with Gasteiger partial charge in [-0.15, -0.1) is 16.8 Å². The second kappa shape index (κ2) is 7.79. The Morgan fingerprint density at radius 2 is 2.00 bits per heavy atom. The third-order valence-electron chi connectivity index (χ3n) is 4.20. The minimum Gasteiger partial charge on any atom is -0.326 e. The van der Waals surface area contributed by atoms with Crippen molar-refractivity contribution in [3.8, 4) is 22.6 Å². The van der Waals surface area contributed by atoms with Gasteiger partial charge in [-0.3, -0.25) is 9.78 Å². The summed E-state index contributed by atoms with van der Waals surface area (Å²) in [6.45, 7) is 3.64. The third-order valence-corrected chi connectivity index (χ3v) is 4.20. The Balaban J connectivity index is 1.67. The maximum atomic E-state index is 12.0. The van der Waals surface area contributed by atoms with Crippen LogP contribution in [-0.4, -0.2) is 30.7 Å². The number of rotatable bonds is 6. The van der Waals surface area contributed by atoms with Crippen LogP contribution in [0.5, 0.6) is 0 Å². The summed E-state index contributed by atoms with van der Waals surface area (Å²) in [5.74, 6) is 0.581. The molecule has 138 valence electrons. The van der Waals surface area contributed by atoms with Gasteiger partial charge in [0.15, 0.2) is 11.5 Å². The molecule has 4 rings (SSSR count). The molecule has 28 heavy (non-hydrogen) atoms. The Morgan fingerprint density at radius 3 is 2.82 bits per heavy atom. The highest BCUT2D eigenvalue weighted by atomic mass is 16.1. The van der Waals surface area contributed by atoms with Crippen molar-refractivity contribution in [2.45, 2.75) is 12.8 Å². The van der Waals surface area contributed by atoms with E-state index in [1.54, 1.807) is 23.0 Å². The average Bonchev–Trinajstić information content (AvgIpc) is 3.16. The number of anilines is 1. The van der Waals surface area contributed by atoms with Gasteiger partial charge in [-0.25, -0.2) is 0 Å². The lowest BCUT2D eigenvalue weighted by Gasteiger charge is -2.07. The van der Waals surface area contributed by atoms with E-state index >= 15 is 0 Å². The van der Waals surface area contributed by atoms with E-state index in [9.17, 15) is 4.79 Å². The van der Waals surface area contributed by atoms with E-state index in [-0.39, 0.29) is 5.91 Å². The molecule has 0 atom stereocenters. The van der Waals surface area contributed by atoms with Gasteiger partial charge in [0, 0.05) is 35.6 Å². The smallest absolute Gasteiger partial charge is 0.224 e. The number of fused-ring (bicyclic) bond motifs is 1. The predicted octanol–water partition coefficient (Wildman–Crippen LogP) is 3.76. The molecule has 0 saturated heterocycles. The summed E-state index contributed by atoms with van der Waals surface area (Å²) in [6, 6.07) is 15.1. The van der Waals surface area contributed by atoms with Crippen molar-refractivity contribution in [3.05, 3.63) is 73.6 Å². The fourth-order valence-corrected chi connectivity index (χ4v) is 2.83. The van der Waals surface area contributed by atoms with Crippen LogP contribution in [0.1, 0.15) is 12.8 Å². The van der Waals surface area contributed by atoms with Crippen LogP contribution in [0.4, 0.5) is 5.69 Å². The molecule has 3 aromatic heterocycles. The zero-order valence-corrected chi connectivity index (χ0v) is 15.1. The molecule has 0 aliphatic carbocycles. The zero-order chi connectivity index (χ0) is 19.3. The number of aromatic nitrogens is 5. The SMILES string of the molecule is C=CCCC(=O)Nc1cccc(-c2ccc3nnc(-c4cccnc4)n3n2)c1. The number of hydrogen-bond donors (Lipinski definition) is 1. The molecule has 0 bridgehead atoms. The summed E-state index contributed by atoms with van der Waals surface area (Å²) in [5, 5.41) is 16.0. The van der Waals surface area contributed by atoms with Crippen LogP contribution in [0.3, 0.4) is 0 Å². The molecule has 0 fully saturated rings. The van der Waals surface area contributed by atoms with Crippen LogP contribution < -0.4 is 5.32 Å². The van der Waals surface area contributed by atoms with E-state index in [4.69, 9.17) is 0 Å². The van der Waals surface area contributed by atoms with Gasteiger partial charge in [0.2, 0.25) is 5.91 Å². The summed E-state index contributed by atoms with van der Waals surface area (Å²) in [6.07, 6.45) is 6.22. The lowest BCUT2D eigenvalue weighted by Crippen LogP contribution is -2.10. The van der Waals surface area contributed by atoms with E-state index < -0.39 is 0 Å². The molecular weight excluding hydrogens is 352 g/mol. The van der Waals surface area contributed by atoms with Gasteiger partial charge in [-0.05, 0) is 42.8 Å². The number of carbonyl (C=O) groups is 1. The van der Waals surface area contributed by atoms with Crippen molar-refractivity contribution < 1.29 is 4.79 Å². The first-order valence-electron chi connectivity index (χ1n) is 8.88. The zero-order valence-electron chi connectivity index (χ0n) is 15.1.